The highest BCUT2D eigenvalue weighted by Crippen LogP contribution is 2.26. The molecule has 0 atom stereocenters. The molecule has 3 rings (SSSR count). The van der Waals surface area contributed by atoms with Crippen LogP contribution in [-0.2, 0) is 12.8 Å². The maximum Gasteiger partial charge on any atom is 0.337 e. The predicted octanol–water partition coefficient (Wildman–Crippen LogP) is 3.27. The van der Waals surface area contributed by atoms with Crippen LogP contribution < -0.4 is 5.32 Å². The molecule has 0 fully saturated rings. The molecule has 2 aromatic carbocycles. The van der Waals surface area contributed by atoms with Crippen molar-refractivity contribution in [2.24, 2.45) is 0 Å². The lowest BCUT2D eigenvalue weighted by atomic mass is 10.1. The number of carboxylic acids is 1. The normalized spacial score (nSPS) is 14.1. The number of anilines is 1. The van der Waals surface area contributed by atoms with Crippen LogP contribution in [0.25, 0.3) is 0 Å². The van der Waals surface area contributed by atoms with Gasteiger partial charge < -0.3 is 10.4 Å². The van der Waals surface area contributed by atoms with Gasteiger partial charge in [0.15, 0.2) is 0 Å². The van der Waals surface area contributed by atoms with Gasteiger partial charge in [-0.05, 0) is 43.0 Å². The molecule has 0 bridgehead atoms. The van der Waals surface area contributed by atoms with Gasteiger partial charge in [-0.3, -0.25) is 0 Å². The Hall–Kier alpha value is -2.29. The van der Waals surface area contributed by atoms with Gasteiger partial charge in [0.2, 0.25) is 0 Å². The summed E-state index contributed by atoms with van der Waals surface area (Å²) >= 11 is 0. The highest BCUT2D eigenvalue weighted by molar-refractivity contribution is 5.94. The van der Waals surface area contributed by atoms with Crippen molar-refractivity contribution < 1.29 is 9.90 Å². The first-order valence-corrected chi connectivity index (χ1v) is 6.81. The van der Waals surface area contributed by atoms with Crippen LogP contribution in [0.15, 0.2) is 42.5 Å². The van der Waals surface area contributed by atoms with E-state index < -0.39 is 5.97 Å². The van der Waals surface area contributed by atoms with E-state index in [9.17, 15) is 9.90 Å². The topological polar surface area (TPSA) is 49.3 Å². The Labute approximate surface area is 118 Å². The highest BCUT2D eigenvalue weighted by atomic mass is 16.4. The average molecular weight is 267 g/mol. The molecule has 0 spiro atoms. The number of carbonyl (C=O) groups is 1. The predicted molar refractivity (Wildman–Crippen MR) is 79.4 cm³/mol. The Balaban J connectivity index is 1.82. The highest BCUT2D eigenvalue weighted by Gasteiger charge is 2.22. The first kappa shape index (κ1) is 12.7. The number of benzene rings is 2. The van der Waals surface area contributed by atoms with Crippen LogP contribution in [0, 0.1) is 6.92 Å². The Morgan fingerprint density at radius 3 is 2.40 bits per heavy atom. The zero-order valence-corrected chi connectivity index (χ0v) is 11.4. The summed E-state index contributed by atoms with van der Waals surface area (Å²) in [6.07, 6.45) is 1.90. The molecule has 102 valence electrons. The maximum absolute atomic E-state index is 11.3. The molecule has 0 saturated carbocycles. The Kier molecular flexibility index (Phi) is 3.18. The summed E-state index contributed by atoms with van der Waals surface area (Å²) in [7, 11) is 0. The molecule has 20 heavy (non-hydrogen) atoms. The van der Waals surface area contributed by atoms with E-state index in [-0.39, 0.29) is 6.04 Å². The summed E-state index contributed by atoms with van der Waals surface area (Å²) in [6.45, 7) is 1.90. The van der Waals surface area contributed by atoms with Crippen LogP contribution in [0.1, 0.15) is 27.0 Å². The zero-order valence-electron chi connectivity index (χ0n) is 11.4. The second kappa shape index (κ2) is 5.00. The van der Waals surface area contributed by atoms with Crippen LogP contribution >= 0.6 is 0 Å². The van der Waals surface area contributed by atoms with Gasteiger partial charge in [-0.2, -0.15) is 0 Å². The summed E-state index contributed by atoms with van der Waals surface area (Å²) in [6, 6.07) is 14.2. The van der Waals surface area contributed by atoms with E-state index >= 15 is 0 Å². The summed E-state index contributed by atoms with van der Waals surface area (Å²) < 4.78 is 0. The number of carboxylic acid groups (broad SMARTS) is 1. The summed E-state index contributed by atoms with van der Waals surface area (Å²) in [5.41, 5.74) is 4.73. The van der Waals surface area contributed by atoms with E-state index in [0.717, 1.165) is 18.4 Å². The molecular weight excluding hydrogens is 250 g/mol. The van der Waals surface area contributed by atoms with Crippen molar-refractivity contribution in [2.45, 2.75) is 25.8 Å². The third kappa shape index (κ3) is 2.39. The van der Waals surface area contributed by atoms with E-state index in [0.29, 0.717) is 11.3 Å². The number of nitrogens with one attached hydrogen (secondary N) is 1. The lowest BCUT2D eigenvalue weighted by Crippen LogP contribution is -2.21. The van der Waals surface area contributed by atoms with E-state index in [1.807, 2.05) is 19.1 Å². The summed E-state index contributed by atoms with van der Waals surface area (Å²) in [5.74, 6) is -0.883. The standard InChI is InChI=1S/C17H17NO2/c1-11-6-7-16(15(8-11)17(19)20)18-14-9-12-4-2-3-5-13(12)10-14/h2-8,14,18H,9-10H2,1H3,(H,19,20). The van der Waals surface area contributed by atoms with Gasteiger partial charge in [0.05, 0.1) is 5.56 Å². The van der Waals surface area contributed by atoms with Gasteiger partial charge in [-0.15, -0.1) is 0 Å². The quantitative estimate of drug-likeness (QED) is 0.897. The van der Waals surface area contributed by atoms with Crippen molar-refractivity contribution in [3.05, 3.63) is 64.7 Å². The molecule has 1 aliphatic rings. The summed E-state index contributed by atoms with van der Waals surface area (Å²) in [4.78, 5) is 11.3. The lowest BCUT2D eigenvalue weighted by Gasteiger charge is -2.16. The van der Waals surface area contributed by atoms with Gasteiger partial charge in [-0.25, -0.2) is 4.79 Å². The second-order valence-electron chi connectivity index (χ2n) is 5.37. The van der Waals surface area contributed by atoms with Gasteiger partial charge in [0.25, 0.3) is 0 Å². The summed E-state index contributed by atoms with van der Waals surface area (Å²) in [5, 5.41) is 12.7. The Morgan fingerprint density at radius 1 is 1.15 bits per heavy atom. The molecular formula is C17H17NO2. The SMILES string of the molecule is Cc1ccc(NC2Cc3ccccc3C2)c(C(=O)O)c1. The van der Waals surface area contributed by atoms with Crippen molar-refractivity contribution in [1.29, 1.82) is 0 Å². The fourth-order valence-electron chi connectivity index (χ4n) is 2.84. The minimum atomic E-state index is -0.883. The van der Waals surface area contributed by atoms with Crippen LogP contribution in [0.4, 0.5) is 5.69 Å². The number of aryl methyl sites for hydroxylation is 1. The average Bonchev–Trinajstić information content (AvgIpc) is 2.82. The number of fused-ring (bicyclic) bond motifs is 1. The van der Waals surface area contributed by atoms with E-state index in [1.54, 1.807) is 6.07 Å². The van der Waals surface area contributed by atoms with Crippen molar-refractivity contribution >= 4 is 11.7 Å². The molecule has 3 heteroatoms. The third-order valence-corrected chi connectivity index (χ3v) is 3.82. The molecule has 2 aromatic rings. The van der Waals surface area contributed by atoms with E-state index in [1.165, 1.54) is 11.1 Å². The molecule has 0 radical (unpaired) electrons. The van der Waals surface area contributed by atoms with Gasteiger partial charge in [0, 0.05) is 11.7 Å². The lowest BCUT2D eigenvalue weighted by molar-refractivity contribution is 0.0698. The molecule has 0 heterocycles. The largest absolute Gasteiger partial charge is 0.478 e. The van der Waals surface area contributed by atoms with Gasteiger partial charge in [-0.1, -0.05) is 35.9 Å². The Bertz CT molecular complexity index is 639. The molecule has 0 unspecified atom stereocenters. The number of rotatable bonds is 3. The first-order valence-electron chi connectivity index (χ1n) is 6.81. The third-order valence-electron chi connectivity index (χ3n) is 3.82. The van der Waals surface area contributed by atoms with Crippen LogP contribution in [0.3, 0.4) is 0 Å². The van der Waals surface area contributed by atoms with Gasteiger partial charge in [0.1, 0.15) is 0 Å². The minimum Gasteiger partial charge on any atom is -0.478 e. The molecule has 3 nitrogen and oxygen atoms in total. The monoisotopic (exact) mass is 267 g/mol. The van der Waals surface area contributed by atoms with Crippen LogP contribution in [-0.4, -0.2) is 17.1 Å². The smallest absolute Gasteiger partial charge is 0.337 e. The number of aromatic carboxylic acids is 1. The molecule has 1 aliphatic carbocycles. The molecule has 0 aromatic heterocycles. The maximum atomic E-state index is 11.3. The number of hydrogen-bond acceptors (Lipinski definition) is 2. The second-order valence-corrected chi connectivity index (χ2v) is 5.37. The van der Waals surface area contributed by atoms with Crippen molar-refractivity contribution in [3.63, 3.8) is 0 Å². The Morgan fingerprint density at radius 2 is 1.80 bits per heavy atom. The van der Waals surface area contributed by atoms with Crippen molar-refractivity contribution in [2.75, 3.05) is 5.32 Å². The number of hydrogen-bond donors (Lipinski definition) is 2. The molecule has 0 amide bonds. The molecule has 2 N–H and O–H groups in total. The molecule has 0 saturated heterocycles. The van der Waals surface area contributed by atoms with E-state index in [4.69, 9.17) is 0 Å². The van der Waals surface area contributed by atoms with Crippen molar-refractivity contribution in [1.82, 2.24) is 0 Å². The van der Waals surface area contributed by atoms with Crippen LogP contribution in [0.2, 0.25) is 0 Å². The van der Waals surface area contributed by atoms with Crippen LogP contribution in [0.5, 0.6) is 0 Å². The zero-order chi connectivity index (χ0) is 14.1. The molecule has 0 aliphatic heterocycles. The minimum absolute atomic E-state index is 0.271. The fourth-order valence-corrected chi connectivity index (χ4v) is 2.84. The fraction of sp³-hybridized carbons (Fsp3) is 0.235. The van der Waals surface area contributed by atoms with Gasteiger partial charge >= 0.3 is 5.97 Å². The van der Waals surface area contributed by atoms with E-state index in [2.05, 4.69) is 29.6 Å². The van der Waals surface area contributed by atoms with Crippen molar-refractivity contribution in [3.8, 4) is 0 Å². The first-order chi connectivity index (χ1) is 9.63.